The summed E-state index contributed by atoms with van der Waals surface area (Å²) in [5, 5.41) is 12.3. The Morgan fingerprint density at radius 1 is 1.16 bits per heavy atom. The van der Waals surface area contributed by atoms with Crippen molar-refractivity contribution in [3.63, 3.8) is 0 Å². The van der Waals surface area contributed by atoms with Gasteiger partial charge in [-0.1, -0.05) is 37.1 Å². The summed E-state index contributed by atoms with van der Waals surface area (Å²) in [5.41, 5.74) is 1.12. The summed E-state index contributed by atoms with van der Waals surface area (Å²) in [7, 11) is 3.40. The van der Waals surface area contributed by atoms with Gasteiger partial charge in [0.1, 0.15) is 0 Å². The van der Waals surface area contributed by atoms with Crippen LogP contribution < -0.4 is 5.32 Å². The van der Waals surface area contributed by atoms with Gasteiger partial charge in [-0.15, -0.1) is 10.2 Å². The zero-order valence-electron chi connectivity index (χ0n) is 18.3. The zero-order chi connectivity index (χ0) is 22.5. The van der Waals surface area contributed by atoms with Gasteiger partial charge in [0, 0.05) is 31.4 Å². The van der Waals surface area contributed by atoms with Crippen LogP contribution in [0.25, 0.3) is 11.6 Å². The minimum Gasteiger partial charge on any atom is -0.461 e. The molecule has 1 aliphatic rings. The molecule has 2 amide bonds. The van der Waals surface area contributed by atoms with Crippen LogP contribution in [0.2, 0.25) is 0 Å². The van der Waals surface area contributed by atoms with Crippen LogP contribution in [0.5, 0.6) is 0 Å². The van der Waals surface area contributed by atoms with E-state index in [0.717, 1.165) is 18.0 Å². The second kappa shape index (κ2) is 10.0. The quantitative estimate of drug-likeness (QED) is 0.530. The molecule has 1 saturated carbocycles. The summed E-state index contributed by atoms with van der Waals surface area (Å²) in [6.45, 7) is 0. The number of nitrogens with zero attached hydrogens (tertiary/aromatic N) is 4. The third-order valence-corrected chi connectivity index (χ3v) is 6.42. The molecule has 2 aromatic heterocycles. The lowest BCUT2D eigenvalue weighted by atomic mass is 9.95. The van der Waals surface area contributed by atoms with Crippen LogP contribution in [0, 0.1) is 0 Å². The van der Waals surface area contributed by atoms with Crippen LogP contribution >= 0.6 is 11.8 Å². The summed E-state index contributed by atoms with van der Waals surface area (Å²) in [5.74, 6) is 1.31. The molecule has 1 aromatic carbocycles. The Morgan fingerprint density at radius 2 is 1.97 bits per heavy atom. The van der Waals surface area contributed by atoms with E-state index in [1.165, 1.54) is 35.9 Å². The number of hydrogen-bond donors (Lipinski definition) is 1. The molecule has 4 rings (SSSR count). The fraction of sp³-hybridized carbons (Fsp3) is 0.391. The molecule has 0 unspecified atom stereocenters. The third-order valence-electron chi connectivity index (χ3n) is 5.48. The second-order valence-corrected chi connectivity index (χ2v) is 9.01. The fourth-order valence-electron chi connectivity index (χ4n) is 3.93. The van der Waals surface area contributed by atoms with Gasteiger partial charge < -0.3 is 14.6 Å². The number of carbonyl (C=O) groups excluding carboxylic acids is 2. The van der Waals surface area contributed by atoms with Crippen LogP contribution in [0.3, 0.4) is 0 Å². The first-order valence-corrected chi connectivity index (χ1v) is 11.7. The number of hydrogen-bond acceptors (Lipinski definition) is 6. The van der Waals surface area contributed by atoms with Crippen molar-refractivity contribution in [3.05, 3.63) is 48.2 Å². The van der Waals surface area contributed by atoms with Crippen LogP contribution in [0.1, 0.15) is 48.5 Å². The highest BCUT2D eigenvalue weighted by atomic mass is 32.2. The normalized spacial score (nSPS) is 14.3. The van der Waals surface area contributed by atoms with E-state index in [2.05, 4.69) is 20.1 Å². The van der Waals surface area contributed by atoms with Crippen molar-refractivity contribution in [2.24, 2.45) is 0 Å². The fourth-order valence-corrected chi connectivity index (χ4v) is 4.74. The molecule has 0 saturated heterocycles. The molecule has 0 bridgehead atoms. The Hall–Kier alpha value is -3.07. The highest BCUT2D eigenvalue weighted by Crippen LogP contribution is 2.35. The van der Waals surface area contributed by atoms with E-state index >= 15 is 0 Å². The SMILES string of the molecule is CN(C)C(=O)c1cccc(NC(=O)CSc2nnc(-c3ccco3)n2C2CCCCC2)c1. The number of nitrogens with one attached hydrogen (secondary N) is 1. The lowest BCUT2D eigenvalue weighted by molar-refractivity contribution is -0.113. The van der Waals surface area contributed by atoms with Crippen LogP contribution in [0.4, 0.5) is 5.69 Å². The van der Waals surface area contributed by atoms with E-state index in [-0.39, 0.29) is 17.6 Å². The van der Waals surface area contributed by atoms with Gasteiger partial charge in [0.2, 0.25) is 11.7 Å². The minimum absolute atomic E-state index is 0.110. The van der Waals surface area contributed by atoms with E-state index in [4.69, 9.17) is 4.42 Å². The van der Waals surface area contributed by atoms with Crippen molar-refractivity contribution < 1.29 is 14.0 Å². The molecule has 2 heterocycles. The first-order chi connectivity index (χ1) is 15.5. The predicted molar refractivity (Wildman–Crippen MR) is 124 cm³/mol. The molecule has 0 atom stereocenters. The Balaban J connectivity index is 1.46. The van der Waals surface area contributed by atoms with Crippen molar-refractivity contribution >= 4 is 29.3 Å². The lowest BCUT2D eigenvalue weighted by Crippen LogP contribution is -2.22. The van der Waals surface area contributed by atoms with Gasteiger partial charge in [-0.3, -0.25) is 14.2 Å². The number of amides is 2. The molecular formula is C23H27N5O3S. The van der Waals surface area contributed by atoms with Crippen molar-refractivity contribution in [2.75, 3.05) is 25.2 Å². The minimum atomic E-state index is -0.165. The Labute approximate surface area is 191 Å². The molecule has 0 aliphatic heterocycles. The molecular weight excluding hydrogens is 426 g/mol. The first-order valence-electron chi connectivity index (χ1n) is 10.8. The molecule has 3 aromatic rings. The number of rotatable bonds is 7. The van der Waals surface area contributed by atoms with Crippen molar-refractivity contribution in [1.82, 2.24) is 19.7 Å². The Bertz CT molecular complexity index is 1070. The predicted octanol–water partition coefficient (Wildman–Crippen LogP) is 4.48. The second-order valence-electron chi connectivity index (χ2n) is 8.06. The number of thioether (sulfide) groups is 1. The van der Waals surface area contributed by atoms with Gasteiger partial charge in [-0.25, -0.2) is 0 Å². The lowest BCUT2D eigenvalue weighted by Gasteiger charge is -2.25. The van der Waals surface area contributed by atoms with Crippen LogP contribution in [0.15, 0.2) is 52.2 Å². The molecule has 0 radical (unpaired) electrons. The monoisotopic (exact) mass is 453 g/mol. The van der Waals surface area contributed by atoms with E-state index < -0.39 is 0 Å². The molecule has 1 aliphatic carbocycles. The van der Waals surface area contributed by atoms with Gasteiger partial charge >= 0.3 is 0 Å². The highest BCUT2D eigenvalue weighted by molar-refractivity contribution is 7.99. The Morgan fingerprint density at radius 3 is 2.69 bits per heavy atom. The molecule has 0 spiro atoms. The third kappa shape index (κ3) is 5.04. The average molecular weight is 454 g/mol. The topological polar surface area (TPSA) is 93.3 Å². The Kier molecular flexibility index (Phi) is 6.94. The summed E-state index contributed by atoms with van der Waals surface area (Å²) in [4.78, 5) is 26.3. The van der Waals surface area contributed by atoms with Gasteiger partial charge in [0.05, 0.1) is 12.0 Å². The summed E-state index contributed by atoms with van der Waals surface area (Å²) in [6.07, 6.45) is 7.36. The van der Waals surface area contributed by atoms with Crippen molar-refractivity contribution in [3.8, 4) is 11.6 Å². The number of aromatic nitrogens is 3. The smallest absolute Gasteiger partial charge is 0.253 e. The number of anilines is 1. The standard InChI is InChI=1S/C23H27N5O3S/c1-27(2)22(30)16-8-6-9-17(14-16)24-20(29)15-32-23-26-25-21(19-12-7-13-31-19)28(23)18-10-4-3-5-11-18/h6-9,12-14,18H,3-5,10-11,15H2,1-2H3,(H,24,29). The summed E-state index contributed by atoms with van der Waals surface area (Å²) in [6, 6.07) is 11.0. The van der Waals surface area contributed by atoms with Gasteiger partial charge in [0.25, 0.3) is 5.91 Å². The highest BCUT2D eigenvalue weighted by Gasteiger charge is 2.25. The zero-order valence-corrected chi connectivity index (χ0v) is 19.1. The summed E-state index contributed by atoms with van der Waals surface area (Å²) < 4.78 is 7.70. The summed E-state index contributed by atoms with van der Waals surface area (Å²) >= 11 is 1.36. The number of carbonyl (C=O) groups is 2. The van der Waals surface area contributed by atoms with E-state index in [9.17, 15) is 9.59 Å². The van der Waals surface area contributed by atoms with Crippen molar-refractivity contribution in [1.29, 1.82) is 0 Å². The largest absolute Gasteiger partial charge is 0.461 e. The number of benzene rings is 1. The van der Waals surface area contributed by atoms with Crippen LogP contribution in [-0.4, -0.2) is 51.3 Å². The van der Waals surface area contributed by atoms with Crippen molar-refractivity contribution in [2.45, 2.75) is 43.3 Å². The maximum atomic E-state index is 12.6. The van der Waals surface area contributed by atoms with E-state index in [1.54, 1.807) is 44.6 Å². The molecule has 32 heavy (non-hydrogen) atoms. The van der Waals surface area contributed by atoms with Gasteiger partial charge in [0.15, 0.2) is 10.9 Å². The van der Waals surface area contributed by atoms with Crippen LogP contribution in [-0.2, 0) is 4.79 Å². The van der Waals surface area contributed by atoms with Gasteiger partial charge in [-0.2, -0.15) is 0 Å². The van der Waals surface area contributed by atoms with Gasteiger partial charge in [-0.05, 0) is 43.2 Å². The molecule has 168 valence electrons. The first kappa shape index (κ1) is 22.1. The number of furan rings is 1. The molecule has 1 N–H and O–H groups in total. The molecule has 1 fully saturated rings. The van der Waals surface area contributed by atoms with E-state index in [1.807, 2.05) is 12.1 Å². The molecule has 8 nitrogen and oxygen atoms in total. The van der Waals surface area contributed by atoms with E-state index in [0.29, 0.717) is 28.9 Å². The maximum absolute atomic E-state index is 12.6. The maximum Gasteiger partial charge on any atom is 0.253 e. The molecule has 9 heteroatoms. The average Bonchev–Trinajstić information content (AvgIpc) is 3.47.